The largest absolute Gasteiger partial charge is 0.352 e. The molecule has 0 spiro atoms. The third-order valence-corrected chi connectivity index (χ3v) is 6.73. The molecule has 0 saturated carbocycles. The number of pyridine rings is 2. The van der Waals surface area contributed by atoms with E-state index in [0.29, 0.717) is 40.0 Å². The number of hydrogen-bond acceptors (Lipinski definition) is 6. The first-order valence-corrected chi connectivity index (χ1v) is 13.4. The van der Waals surface area contributed by atoms with Crippen molar-refractivity contribution in [2.45, 2.75) is 46.7 Å². The van der Waals surface area contributed by atoms with Crippen LogP contribution in [0.2, 0.25) is 0 Å². The highest BCUT2D eigenvalue weighted by atomic mass is 16.2. The first kappa shape index (κ1) is 28.7. The number of amides is 2. The number of aromatic nitrogens is 4. The molecule has 4 aromatic rings. The fraction of sp³-hybridized carbons (Fsp3) is 0.367. The van der Waals surface area contributed by atoms with Crippen LogP contribution in [0.15, 0.2) is 47.4 Å². The standard InChI is InChI=1S/C30H37N7O3/c1-18(2)37-27-25(17-33-37)23(29(39)32-16-24-19(3)14-20(4)34-30(24)40)15-26(35-27)21-8-10-22(11-9-21)28(38)31-12-7-13-36(5)6/h8-11,14-15,17-18H,7,12-13,16H2,1-6H3,(H,31,38)(H,32,39)(H,34,40). The zero-order valence-electron chi connectivity index (χ0n) is 24.0. The van der Waals surface area contributed by atoms with Crippen molar-refractivity contribution >= 4 is 22.8 Å². The van der Waals surface area contributed by atoms with E-state index in [1.165, 1.54) is 0 Å². The van der Waals surface area contributed by atoms with Gasteiger partial charge in [0.1, 0.15) is 0 Å². The smallest absolute Gasteiger partial charge is 0.253 e. The Morgan fingerprint density at radius 3 is 2.42 bits per heavy atom. The number of hydrogen-bond donors (Lipinski definition) is 3. The number of carbonyl (C=O) groups excluding carboxylic acids is 2. The number of nitrogens with zero attached hydrogens (tertiary/aromatic N) is 4. The molecule has 0 aliphatic heterocycles. The summed E-state index contributed by atoms with van der Waals surface area (Å²) in [6.07, 6.45) is 2.52. The van der Waals surface area contributed by atoms with Crippen molar-refractivity contribution in [3.63, 3.8) is 0 Å². The minimum absolute atomic E-state index is 0.0310. The molecule has 0 fully saturated rings. The molecule has 4 rings (SSSR count). The molecule has 0 radical (unpaired) electrons. The summed E-state index contributed by atoms with van der Waals surface area (Å²) < 4.78 is 1.78. The van der Waals surface area contributed by atoms with Gasteiger partial charge in [-0.25, -0.2) is 9.67 Å². The van der Waals surface area contributed by atoms with Gasteiger partial charge in [0.05, 0.1) is 22.8 Å². The van der Waals surface area contributed by atoms with E-state index in [0.717, 1.165) is 29.8 Å². The first-order chi connectivity index (χ1) is 19.0. The Hall–Kier alpha value is -4.31. The SMILES string of the molecule is Cc1cc(C)c(CNC(=O)c2cc(-c3ccc(C(=O)NCCCN(C)C)cc3)nc3c2cnn3C(C)C)c(=O)[nH]1. The summed E-state index contributed by atoms with van der Waals surface area (Å²) in [6.45, 7) is 9.27. The molecule has 0 bridgehead atoms. The summed E-state index contributed by atoms with van der Waals surface area (Å²) in [5.41, 5.74) is 4.79. The molecule has 0 aliphatic rings. The number of benzene rings is 1. The van der Waals surface area contributed by atoms with Crippen LogP contribution in [-0.2, 0) is 6.54 Å². The van der Waals surface area contributed by atoms with E-state index in [1.54, 1.807) is 29.1 Å². The second-order valence-corrected chi connectivity index (χ2v) is 10.6. The second kappa shape index (κ2) is 12.3. The monoisotopic (exact) mass is 543 g/mol. The Labute approximate surface area is 233 Å². The number of H-pyrrole nitrogens is 1. The van der Waals surface area contributed by atoms with E-state index in [1.807, 2.05) is 60.0 Å². The van der Waals surface area contributed by atoms with Gasteiger partial charge in [0.2, 0.25) is 0 Å². The average Bonchev–Trinajstić information content (AvgIpc) is 3.34. The van der Waals surface area contributed by atoms with Crippen molar-refractivity contribution in [2.24, 2.45) is 0 Å². The Bertz CT molecular complexity index is 1580. The van der Waals surface area contributed by atoms with Gasteiger partial charge in [-0.3, -0.25) is 14.4 Å². The molecule has 0 atom stereocenters. The second-order valence-electron chi connectivity index (χ2n) is 10.6. The van der Waals surface area contributed by atoms with Gasteiger partial charge in [-0.15, -0.1) is 0 Å². The summed E-state index contributed by atoms with van der Waals surface area (Å²) >= 11 is 0. The predicted molar refractivity (Wildman–Crippen MR) is 157 cm³/mol. The van der Waals surface area contributed by atoms with Crippen LogP contribution in [-0.4, -0.2) is 63.6 Å². The summed E-state index contributed by atoms with van der Waals surface area (Å²) in [4.78, 5) is 48.2. The maximum atomic E-state index is 13.5. The van der Waals surface area contributed by atoms with Crippen LogP contribution in [0.4, 0.5) is 0 Å². The summed E-state index contributed by atoms with van der Waals surface area (Å²) in [5, 5.41) is 10.9. The average molecular weight is 544 g/mol. The number of rotatable bonds is 10. The van der Waals surface area contributed by atoms with Crippen molar-refractivity contribution in [1.82, 2.24) is 35.3 Å². The molecule has 10 nitrogen and oxygen atoms in total. The number of nitrogens with one attached hydrogen (secondary N) is 3. The molecule has 2 amide bonds. The van der Waals surface area contributed by atoms with Gasteiger partial charge < -0.3 is 20.5 Å². The van der Waals surface area contributed by atoms with E-state index in [2.05, 4.69) is 25.6 Å². The molecule has 1 aromatic carbocycles. The molecule has 0 aliphatic carbocycles. The maximum absolute atomic E-state index is 13.5. The lowest BCUT2D eigenvalue weighted by molar-refractivity contribution is 0.0944. The van der Waals surface area contributed by atoms with Gasteiger partial charge in [0.15, 0.2) is 5.65 Å². The van der Waals surface area contributed by atoms with Gasteiger partial charge in [-0.05, 0) is 84.6 Å². The normalized spacial score (nSPS) is 11.4. The molecule has 210 valence electrons. The van der Waals surface area contributed by atoms with Crippen LogP contribution in [0.1, 0.15) is 63.8 Å². The third kappa shape index (κ3) is 6.45. The highest BCUT2D eigenvalue weighted by molar-refractivity contribution is 6.06. The molecule has 3 heterocycles. The lowest BCUT2D eigenvalue weighted by Gasteiger charge is -2.12. The van der Waals surface area contributed by atoms with Crippen LogP contribution in [0.5, 0.6) is 0 Å². The summed E-state index contributed by atoms with van der Waals surface area (Å²) in [6, 6.07) is 10.8. The van der Waals surface area contributed by atoms with Crippen LogP contribution in [0.3, 0.4) is 0 Å². The Morgan fingerprint density at radius 2 is 1.77 bits per heavy atom. The maximum Gasteiger partial charge on any atom is 0.253 e. The summed E-state index contributed by atoms with van der Waals surface area (Å²) in [5.74, 6) is -0.460. The van der Waals surface area contributed by atoms with E-state index < -0.39 is 0 Å². The van der Waals surface area contributed by atoms with Crippen LogP contribution in [0.25, 0.3) is 22.3 Å². The molecule has 0 saturated heterocycles. The molecule has 0 unspecified atom stereocenters. The van der Waals surface area contributed by atoms with E-state index in [9.17, 15) is 14.4 Å². The zero-order chi connectivity index (χ0) is 29.0. The van der Waals surface area contributed by atoms with Gasteiger partial charge in [0.25, 0.3) is 17.4 Å². The van der Waals surface area contributed by atoms with E-state index in [-0.39, 0.29) is 30.0 Å². The molecular weight excluding hydrogens is 506 g/mol. The van der Waals surface area contributed by atoms with Crippen LogP contribution < -0.4 is 16.2 Å². The molecular formula is C30H37N7O3. The topological polar surface area (TPSA) is 125 Å². The van der Waals surface area contributed by atoms with E-state index >= 15 is 0 Å². The van der Waals surface area contributed by atoms with E-state index in [4.69, 9.17) is 4.98 Å². The number of fused-ring (bicyclic) bond motifs is 1. The highest BCUT2D eigenvalue weighted by Crippen LogP contribution is 2.27. The fourth-order valence-electron chi connectivity index (χ4n) is 4.59. The zero-order valence-corrected chi connectivity index (χ0v) is 24.0. The van der Waals surface area contributed by atoms with Crippen molar-refractivity contribution < 1.29 is 9.59 Å². The number of aryl methyl sites for hydroxylation is 2. The van der Waals surface area contributed by atoms with Gasteiger partial charge in [0, 0.05) is 41.5 Å². The molecule has 10 heteroatoms. The molecule has 40 heavy (non-hydrogen) atoms. The molecule has 3 aromatic heterocycles. The van der Waals surface area contributed by atoms with Crippen LogP contribution >= 0.6 is 0 Å². The number of carbonyl (C=O) groups is 2. The third-order valence-electron chi connectivity index (χ3n) is 6.73. The van der Waals surface area contributed by atoms with Crippen LogP contribution in [0, 0.1) is 13.8 Å². The van der Waals surface area contributed by atoms with Gasteiger partial charge in [-0.1, -0.05) is 12.1 Å². The Balaban J connectivity index is 1.62. The lowest BCUT2D eigenvalue weighted by atomic mass is 10.0. The number of aromatic amines is 1. The van der Waals surface area contributed by atoms with Crippen molar-refractivity contribution in [3.8, 4) is 11.3 Å². The predicted octanol–water partition coefficient (Wildman–Crippen LogP) is 3.60. The first-order valence-electron chi connectivity index (χ1n) is 13.4. The van der Waals surface area contributed by atoms with Gasteiger partial charge in [-0.2, -0.15) is 5.10 Å². The van der Waals surface area contributed by atoms with Crippen molar-refractivity contribution in [2.75, 3.05) is 27.2 Å². The molecule has 3 N–H and O–H groups in total. The van der Waals surface area contributed by atoms with Crippen molar-refractivity contribution in [1.29, 1.82) is 0 Å². The lowest BCUT2D eigenvalue weighted by Crippen LogP contribution is -2.28. The Morgan fingerprint density at radius 1 is 1.05 bits per heavy atom. The minimum atomic E-state index is -0.329. The minimum Gasteiger partial charge on any atom is -0.352 e. The van der Waals surface area contributed by atoms with Crippen molar-refractivity contribution in [3.05, 3.63) is 80.9 Å². The quantitative estimate of drug-likeness (QED) is 0.263. The highest BCUT2D eigenvalue weighted by Gasteiger charge is 2.19. The Kier molecular flexibility index (Phi) is 8.79. The summed E-state index contributed by atoms with van der Waals surface area (Å²) in [7, 11) is 4.00. The fourth-order valence-corrected chi connectivity index (χ4v) is 4.59. The van der Waals surface area contributed by atoms with Gasteiger partial charge >= 0.3 is 0 Å².